The molecule has 0 saturated carbocycles. The average molecular weight is 233 g/mol. The van der Waals surface area contributed by atoms with E-state index in [1.54, 1.807) is 17.5 Å². The molecule has 2 aromatic heterocycles. The molecule has 0 aromatic carbocycles. The molecule has 0 radical (unpaired) electrons. The summed E-state index contributed by atoms with van der Waals surface area (Å²) in [5.74, 6) is 0.700. The first-order chi connectivity index (χ1) is 7.83. The van der Waals surface area contributed by atoms with Crippen LogP contribution in [0.4, 0.5) is 5.95 Å². The van der Waals surface area contributed by atoms with Gasteiger partial charge in [-0.2, -0.15) is 0 Å². The highest BCUT2D eigenvalue weighted by molar-refractivity contribution is 7.15. The number of hydrogen-bond donors (Lipinski definition) is 1. The van der Waals surface area contributed by atoms with Crippen molar-refractivity contribution in [1.82, 2.24) is 9.97 Å². The zero-order valence-corrected chi connectivity index (χ0v) is 10.3. The fourth-order valence-electron chi connectivity index (χ4n) is 1.44. The Morgan fingerprint density at radius 2 is 2.12 bits per heavy atom. The Labute approximate surface area is 99.6 Å². The number of nitrogens with one attached hydrogen (secondary N) is 1. The molecule has 4 heteroatoms. The molecule has 0 unspecified atom stereocenters. The van der Waals surface area contributed by atoms with Gasteiger partial charge in [0.05, 0.1) is 10.6 Å². The maximum Gasteiger partial charge on any atom is 0.223 e. The molecule has 0 bridgehead atoms. The van der Waals surface area contributed by atoms with E-state index in [0.717, 1.165) is 18.7 Å². The topological polar surface area (TPSA) is 37.8 Å². The van der Waals surface area contributed by atoms with E-state index in [0.29, 0.717) is 5.95 Å². The van der Waals surface area contributed by atoms with Gasteiger partial charge in [0.1, 0.15) is 0 Å². The van der Waals surface area contributed by atoms with Crippen LogP contribution in [0.1, 0.15) is 18.7 Å². The van der Waals surface area contributed by atoms with Gasteiger partial charge in [-0.05, 0) is 31.5 Å². The Hall–Kier alpha value is -1.42. The molecule has 0 aliphatic heterocycles. The monoisotopic (exact) mass is 233 g/mol. The van der Waals surface area contributed by atoms with Gasteiger partial charge in [-0.3, -0.25) is 0 Å². The number of hydrogen-bond acceptors (Lipinski definition) is 4. The number of aryl methyl sites for hydroxylation is 1. The summed E-state index contributed by atoms with van der Waals surface area (Å²) in [6, 6.07) is 6.24. The van der Waals surface area contributed by atoms with Gasteiger partial charge in [0, 0.05) is 17.6 Å². The molecule has 2 rings (SSSR count). The Kier molecular flexibility index (Phi) is 3.51. The fourth-order valence-corrected chi connectivity index (χ4v) is 2.36. The van der Waals surface area contributed by atoms with Crippen molar-refractivity contribution >= 4 is 17.3 Å². The minimum Gasteiger partial charge on any atom is -0.354 e. The lowest BCUT2D eigenvalue weighted by Crippen LogP contribution is -2.01. The largest absolute Gasteiger partial charge is 0.354 e. The molecule has 2 heterocycles. The summed E-state index contributed by atoms with van der Waals surface area (Å²) < 4.78 is 0. The van der Waals surface area contributed by atoms with Gasteiger partial charge in [0.25, 0.3) is 0 Å². The number of anilines is 1. The van der Waals surface area contributed by atoms with Gasteiger partial charge >= 0.3 is 0 Å². The van der Waals surface area contributed by atoms with E-state index in [1.165, 1.54) is 9.75 Å². The van der Waals surface area contributed by atoms with Crippen LogP contribution in [0, 0.1) is 0 Å². The molecular weight excluding hydrogens is 218 g/mol. The lowest BCUT2D eigenvalue weighted by molar-refractivity contribution is 1.09. The van der Waals surface area contributed by atoms with Crippen LogP contribution in [0.25, 0.3) is 10.6 Å². The third-order valence-corrected chi connectivity index (χ3v) is 3.51. The summed E-state index contributed by atoms with van der Waals surface area (Å²) in [7, 11) is 0. The second-order valence-corrected chi connectivity index (χ2v) is 4.58. The van der Waals surface area contributed by atoms with E-state index in [4.69, 9.17) is 0 Å². The van der Waals surface area contributed by atoms with Gasteiger partial charge in [0.2, 0.25) is 5.95 Å². The molecule has 84 valence electrons. The summed E-state index contributed by atoms with van der Waals surface area (Å²) in [4.78, 5) is 11.2. The molecule has 0 amide bonds. The predicted octanol–water partition coefficient (Wildman–Crippen LogP) is 3.20. The van der Waals surface area contributed by atoms with Crippen molar-refractivity contribution in [2.45, 2.75) is 20.3 Å². The SMILES string of the molecule is CCNc1nccc(-c2ccc(CC)s2)n1. The molecule has 16 heavy (non-hydrogen) atoms. The summed E-state index contributed by atoms with van der Waals surface area (Å²) in [5.41, 5.74) is 0.996. The Bertz CT molecular complexity index is 465. The second-order valence-electron chi connectivity index (χ2n) is 3.42. The second kappa shape index (κ2) is 5.07. The lowest BCUT2D eigenvalue weighted by Gasteiger charge is -2.02. The van der Waals surface area contributed by atoms with Crippen molar-refractivity contribution < 1.29 is 0 Å². The summed E-state index contributed by atoms with van der Waals surface area (Å²) >= 11 is 1.79. The van der Waals surface area contributed by atoms with Crippen LogP contribution in [0.15, 0.2) is 24.4 Å². The van der Waals surface area contributed by atoms with Gasteiger partial charge in [-0.1, -0.05) is 6.92 Å². The predicted molar refractivity (Wildman–Crippen MR) is 68.9 cm³/mol. The van der Waals surface area contributed by atoms with E-state index in [1.807, 2.05) is 13.0 Å². The molecule has 0 fully saturated rings. The third-order valence-electron chi connectivity index (χ3n) is 2.25. The molecule has 2 aromatic rings. The Morgan fingerprint density at radius 3 is 2.81 bits per heavy atom. The molecular formula is C12H15N3S. The zero-order valence-electron chi connectivity index (χ0n) is 9.53. The average Bonchev–Trinajstić information content (AvgIpc) is 2.78. The first-order valence-corrected chi connectivity index (χ1v) is 6.31. The molecule has 0 saturated heterocycles. The molecule has 0 aliphatic carbocycles. The normalized spacial score (nSPS) is 10.4. The van der Waals surface area contributed by atoms with Crippen LogP contribution in [-0.2, 0) is 6.42 Å². The number of nitrogens with zero attached hydrogens (tertiary/aromatic N) is 2. The zero-order chi connectivity index (χ0) is 11.4. The minimum atomic E-state index is 0.700. The van der Waals surface area contributed by atoms with E-state index in [-0.39, 0.29) is 0 Å². The van der Waals surface area contributed by atoms with Crippen LogP contribution in [-0.4, -0.2) is 16.5 Å². The van der Waals surface area contributed by atoms with E-state index >= 15 is 0 Å². The van der Waals surface area contributed by atoms with Gasteiger partial charge in [-0.15, -0.1) is 11.3 Å². The van der Waals surface area contributed by atoms with E-state index < -0.39 is 0 Å². The first-order valence-electron chi connectivity index (χ1n) is 5.49. The van der Waals surface area contributed by atoms with Crippen molar-refractivity contribution in [2.24, 2.45) is 0 Å². The summed E-state index contributed by atoms with van der Waals surface area (Å²) in [6.45, 7) is 5.05. The molecule has 1 N–H and O–H groups in total. The maximum absolute atomic E-state index is 4.47. The summed E-state index contributed by atoms with van der Waals surface area (Å²) in [6.07, 6.45) is 2.88. The van der Waals surface area contributed by atoms with E-state index in [9.17, 15) is 0 Å². The van der Waals surface area contributed by atoms with Crippen molar-refractivity contribution in [1.29, 1.82) is 0 Å². The van der Waals surface area contributed by atoms with Crippen LogP contribution in [0.3, 0.4) is 0 Å². The standard InChI is InChI=1S/C12H15N3S/c1-3-9-5-6-11(16-9)10-7-8-14-12(15-10)13-4-2/h5-8H,3-4H2,1-2H3,(H,13,14,15). The number of rotatable bonds is 4. The highest BCUT2D eigenvalue weighted by Crippen LogP contribution is 2.27. The van der Waals surface area contributed by atoms with Gasteiger partial charge in [0.15, 0.2) is 0 Å². The van der Waals surface area contributed by atoms with Crippen molar-refractivity contribution in [2.75, 3.05) is 11.9 Å². The Morgan fingerprint density at radius 1 is 1.25 bits per heavy atom. The van der Waals surface area contributed by atoms with Gasteiger partial charge < -0.3 is 5.32 Å². The Balaban J connectivity index is 2.28. The molecule has 0 aliphatic rings. The smallest absolute Gasteiger partial charge is 0.223 e. The highest BCUT2D eigenvalue weighted by atomic mass is 32.1. The van der Waals surface area contributed by atoms with Crippen LogP contribution in [0.5, 0.6) is 0 Å². The molecule has 0 atom stereocenters. The van der Waals surface area contributed by atoms with Crippen LogP contribution >= 0.6 is 11.3 Å². The summed E-state index contributed by atoms with van der Waals surface area (Å²) in [5, 5.41) is 3.12. The van der Waals surface area contributed by atoms with Crippen LogP contribution in [0.2, 0.25) is 0 Å². The number of aromatic nitrogens is 2. The third kappa shape index (κ3) is 2.39. The number of thiophene rings is 1. The van der Waals surface area contributed by atoms with Gasteiger partial charge in [-0.25, -0.2) is 9.97 Å². The van der Waals surface area contributed by atoms with Crippen molar-refractivity contribution in [3.05, 3.63) is 29.3 Å². The lowest BCUT2D eigenvalue weighted by atomic mass is 10.3. The minimum absolute atomic E-state index is 0.700. The highest BCUT2D eigenvalue weighted by Gasteiger charge is 2.04. The van der Waals surface area contributed by atoms with Crippen molar-refractivity contribution in [3.63, 3.8) is 0 Å². The molecule has 0 spiro atoms. The van der Waals surface area contributed by atoms with Crippen molar-refractivity contribution in [3.8, 4) is 10.6 Å². The maximum atomic E-state index is 4.47. The fraction of sp³-hybridized carbons (Fsp3) is 0.333. The van der Waals surface area contributed by atoms with Crippen LogP contribution < -0.4 is 5.32 Å². The first kappa shape index (κ1) is 11.1. The quantitative estimate of drug-likeness (QED) is 0.881. The molecule has 3 nitrogen and oxygen atoms in total. The van der Waals surface area contributed by atoms with E-state index in [2.05, 4.69) is 34.3 Å².